The van der Waals surface area contributed by atoms with Crippen LogP contribution in [0.2, 0.25) is 0 Å². The largest absolute Gasteiger partial charge is 0.481 e. The number of carbonyl (C=O) groups excluding carboxylic acids is 1. The molecular formula is C20H33FN2O3. The highest BCUT2D eigenvalue weighted by Crippen LogP contribution is 2.27. The highest BCUT2D eigenvalue weighted by Gasteiger charge is 2.28. The number of hydrogen-bond acceptors (Lipinski definition) is 4. The van der Waals surface area contributed by atoms with Gasteiger partial charge in [0, 0.05) is 19.1 Å². The van der Waals surface area contributed by atoms with Gasteiger partial charge in [0.15, 0.2) is 6.10 Å². The topological polar surface area (TPSA) is 75.8 Å². The molecule has 5 nitrogen and oxygen atoms in total. The van der Waals surface area contributed by atoms with Crippen LogP contribution < -0.4 is 10.5 Å². The van der Waals surface area contributed by atoms with E-state index in [1.54, 1.807) is 23.1 Å². The minimum absolute atomic E-state index is 0.0473. The monoisotopic (exact) mass is 368 g/mol. The third-order valence-corrected chi connectivity index (χ3v) is 4.25. The number of alkyl halides is 1. The fourth-order valence-electron chi connectivity index (χ4n) is 2.91. The molecule has 3 N–H and O–H groups in total. The Bertz CT molecular complexity index is 576. The minimum Gasteiger partial charge on any atom is -0.481 e. The molecule has 0 aliphatic heterocycles. The van der Waals surface area contributed by atoms with Gasteiger partial charge >= 0.3 is 0 Å². The quantitative estimate of drug-likeness (QED) is 0.665. The van der Waals surface area contributed by atoms with E-state index in [-0.39, 0.29) is 37.6 Å². The van der Waals surface area contributed by atoms with Gasteiger partial charge in [0.05, 0.1) is 6.61 Å². The first kappa shape index (κ1) is 22.4. The number of ether oxygens (including phenoxy) is 1. The molecule has 0 saturated carbocycles. The lowest BCUT2D eigenvalue weighted by Gasteiger charge is -2.31. The average molecular weight is 368 g/mol. The van der Waals surface area contributed by atoms with Crippen LogP contribution in [0.5, 0.6) is 5.75 Å². The molecule has 0 heterocycles. The Morgan fingerprint density at radius 3 is 2.38 bits per heavy atom. The van der Waals surface area contributed by atoms with Crippen molar-refractivity contribution < 1.29 is 19.0 Å². The van der Waals surface area contributed by atoms with Crippen molar-refractivity contribution >= 4 is 5.91 Å². The Balaban J connectivity index is 3.11. The normalized spacial score (nSPS) is 13.8. The maximum Gasteiger partial charge on any atom is 0.263 e. The molecule has 26 heavy (non-hydrogen) atoms. The summed E-state index contributed by atoms with van der Waals surface area (Å²) in [7, 11) is 0. The predicted octanol–water partition coefficient (Wildman–Crippen LogP) is 3.20. The fraction of sp³-hybridized carbons (Fsp3) is 0.650. The second-order valence-corrected chi connectivity index (χ2v) is 7.27. The van der Waals surface area contributed by atoms with Gasteiger partial charge in [0.1, 0.15) is 11.9 Å². The second-order valence-electron chi connectivity index (χ2n) is 7.27. The number of rotatable bonds is 10. The van der Waals surface area contributed by atoms with E-state index in [0.717, 1.165) is 5.56 Å². The van der Waals surface area contributed by atoms with Crippen LogP contribution in [0.15, 0.2) is 18.2 Å². The Morgan fingerprint density at radius 2 is 1.92 bits per heavy atom. The van der Waals surface area contributed by atoms with E-state index in [9.17, 15) is 14.3 Å². The highest BCUT2D eigenvalue weighted by atomic mass is 19.1. The Hall–Kier alpha value is -1.66. The van der Waals surface area contributed by atoms with Gasteiger partial charge in [-0.3, -0.25) is 4.79 Å². The Morgan fingerprint density at radius 1 is 1.27 bits per heavy atom. The zero-order chi connectivity index (χ0) is 19.9. The van der Waals surface area contributed by atoms with Crippen LogP contribution >= 0.6 is 0 Å². The molecule has 148 valence electrons. The molecule has 0 saturated heterocycles. The standard InChI is InChI=1S/C20H33FN2O3/c1-13(2)10-19(20(25)23(8-9-24)14(3)4)26-17-7-6-16(12-22)18(11-17)15(5)21/h6-7,11,13-15,19,24H,8-10,12,22H2,1-5H3. The molecule has 0 fully saturated rings. The Labute approximate surface area is 156 Å². The number of hydrogen-bond donors (Lipinski definition) is 2. The third-order valence-electron chi connectivity index (χ3n) is 4.25. The summed E-state index contributed by atoms with van der Waals surface area (Å²) in [6.45, 7) is 9.69. The maximum atomic E-state index is 13.9. The van der Waals surface area contributed by atoms with Crippen LogP contribution in [0.3, 0.4) is 0 Å². The van der Waals surface area contributed by atoms with E-state index in [4.69, 9.17) is 10.5 Å². The van der Waals surface area contributed by atoms with E-state index >= 15 is 0 Å². The first-order valence-corrected chi connectivity index (χ1v) is 9.26. The molecule has 0 bridgehead atoms. The molecule has 0 aromatic heterocycles. The molecule has 2 atom stereocenters. The SMILES string of the molecule is CC(C)CC(Oc1ccc(CN)c(C(C)F)c1)C(=O)N(CCO)C(C)C. The molecule has 1 aromatic carbocycles. The number of halogens is 1. The van der Waals surface area contributed by atoms with Crippen molar-refractivity contribution in [2.24, 2.45) is 11.7 Å². The second kappa shape index (κ2) is 10.5. The van der Waals surface area contributed by atoms with Crippen molar-refractivity contribution in [3.05, 3.63) is 29.3 Å². The summed E-state index contributed by atoms with van der Waals surface area (Å²) < 4.78 is 19.9. The number of nitrogens with two attached hydrogens (primary N) is 1. The van der Waals surface area contributed by atoms with Gasteiger partial charge in [0.2, 0.25) is 0 Å². The number of aliphatic hydroxyl groups is 1. The summed E-state index contributed by atoms with van der Waals surface area (Å²) in [6.07, 6.45) is -1.32. The number of amides is 1. The van der Waals surface area contributed by atoms with Crippen LogP contribution in [0, 0.1) is 5.92 Å². The van der Waals surface area contributed by atoms with Gasteiger partial charge in [-0.15, -0.1) is 0 Å². The summed E-state index contributed by atoms with van der Waals surface area (Å²) in [5.41, 5.74) is 6.88. The number of benzene rings is 1. The van der Waals surface area contributed by atoms with E-state index in [2.05, 4.69) is 0 Å². The molecule has 0 radical (unpaired) electrons. The van der Waals surface area contributed by atoms with Crippen LogP contribution in [-0.2, 0) is 11.3 Å². The van der Waals surface area contributed by atoms with E-state index < -0.39 is 12.3 Å². The minimum atomic E-state index is -1.17. The van der Waals surface area contributed by atoms with Crippen molar-refractivity contribution in [1.29, 1.82) is 0 Å². The molecule has 2 unspecified atom stereocenters. The third kappa shape index (κ3) is 6.25. The molecule has 0 spiro atoms. The lowest BCUT2D eigenvalue weighted by Crippen LogP contribution is -2.47. The number of nitrogens with zero attached hydrogens (tertiary/aromatic N) is 1. The molecule has 1 amide bonds. The van der Waals surface area contributed by atoms with E-state index in [0.29, 0.717) is 17.7 Å². The zero-order valence-electron chi connectivity index (χ0n) is 16.5. The van der Waals surface area contributed by atoms with Crippen molar-refractivity contribution in [2.45, 2.75) is 65.9 Å². The van der Waals surface area contributed by atoms with E-state index in [1.807, 2.05) is 27.7 Å². The first-order chi connectivity index (χ1) is 12.2. The van der Waals surface area contributed by atoms with Crippen molar-refractivity contribution in [3.63, 3.8) is 0 Å². The summed E-state index contributed by atoms with van der Waals surface area (Å²) in [4.78, 5) is 14.6. The molecule has 1 aromatic rings. The lowest BCUT2D eigenvalue weighted by atomic mass is 10.0. The molecule has 0 aliphatic carbocycles. The Kier molecular flexibility index (Phi) is 9.02. The molecule has 1 rings (SSSR count). The van der Waals surface area contributed by atoms with Crippen molar-refractivity contribution in [2.75, 3.05) is 13.2 Å². The molecule has 6 heteroatoms. The van der Waals surface area contributed by atoms with Gasteiger partial charge < -0.3 is 20.5 Å². The zero-order valence-corrected chi connectivity index (χ0v) is 16.5. The predicted molar refractivity (Wildman–Crippen MR) is 102 cm³/mol. The highest BCUT2D eigenvalue weighted by molar-refractivity contribution is 5.81. The van der Waals surface area contributed by atoms with Crippen LogP contribution in [0.25, 0.3) is 0 Å². The van der Waals surface area contributed by atoms with Gasteiger partial charge in [0.25, 0.3) is 5.91 Å². The van der Waals surface area contributed by atoms with Crippen LogP contribution in [0.4, 0.5) is 4.39 Å². The first-order valence-electron chi connectivity index (χ1n) is 9.26. The van der Waals surface area contributed by atoms with Gasteiger partial charge in [-0.1, -0.05) is 19.9 Å². The maximum absolute atomic E-state index is 13.9. The molecular weight excluding hydrogens is 335 g/mol. The van der Waals surface area contributed by atoms with Crippen molar-refractivity contribution in [3.8, 4) is 5.75 Å². The van der Waals surface area contributed by atoms with Crippen LogP contribution in [0.1, 0.15) is 58.3 Å². The van der Waals surface area contributed by atoms with Gasteiger partial charge in [-0.05, 0) is 56.4 Å². The van der Waals surface area contributed by atoms with Crippen LogP contribution in [-0.4, -0.2) is 41.2 Å². The molecule has 0 aliphatic rings. The van der Waals surface area contributed by atoms with Gasteiger partial charge in [-0.25, -0.2) is 4.39 Å². The summed E-state index contributed by atoms with van der Waals surface area (Å²) >= 11 is 0. The van der Waals surface area contributed by atoms with E-state index in [1.165, 1.54) is 6.92 Å². The summed E-state index contributed by atoms with van der Waals surface area (Å²) in [5, 5.41) is 9.25. The summed E-state index contributed by atoms with van der Waals surface area (Å²) in [6, 6.07) is 5.04. The number of carbonyl (C=O) groups is 1. The average Bonchev–Trinajstić information content (AvgIpc) is 2.57. The fourth-order valence-corrected chi connectivity index (χ4v) is 2.91. The lowest BCUT2D eigenvalue weighted by molar-refractivity contribution is -0.141. The summed E-state index contributed by atoms with van der Waals surface area (Å²) in [5.74, 6) is 0.531. The van der Waals surface area contributed by atoms with Gasteiger partial charge in [-0.2, -0.15) is 0 Å². The van der Waals surface area contributed by atoms with Crippen molar-refractivity contribution in [1.82, 2.24) is 4.90 Å². The smallest absolute Gasteiger partial charge is 0.263 e. The number of aliphatic hydroxyl groups excluding tert-OH is 1.